The summed E-state index contributed by atoms with van der Waals surface area (Å²) in [7, 11) is 0. The van der Waals surface area contributed by atoms with Gasteiger partial charge in [-0.25, -0.2) is 4.98 Å². The number of amides is 1. The number of aromatic nitrogens is 2. The highest BCUT2D eigenvalue weighted by atomic mass is 16.3. The highest BCUT2D eigenvalue weighted by Crippen LogP contribution is 2.42. The number of anilines is 2. The predicted molar refractivity (Wildman–Crippen MR) is 147 cm³/mol. The minimum atomic E-state index is -0.841. The fourth-order valence-electron chi connectivity index (χ4n) is 5.01. The molecular formula is C30H30N4O3. The molecular weight excluding hydrogens is 464 g/mol. The average Bonchev–Trinajstić information content (AvgIpc) is 3.44. The number of hydrogen-bond donors (Lipinski definition) is 2. The number of aromatic amines is 1. The summed E-state index contributed by atoms with van der Waals surface area (Å²) in [6.45, 7) is 9.71. The van der Waals surface area contributed by atoms with Crippen LogP contribution in [0.3, 0.4) is 0 Å². The summed E-state index contributed by atoms with van der Waals surface area (Å²) >= 11 is 0. The maximum absolute atomic E-state index is 13.5. The van der Waals surface area contributed by atoms with Crippen LogP contribution in [-0.2, 0) is 9.59 Å². The van der Waals surface area contributed by atoms with Gasteiger partial charge in [0.1, 0.15) is 5.76 Å². The second-order valence-corrected chi connectivity index (χ2v) is 9.33. The molecule has 1 aliphatic heterocycles. The second kappa shape index (κ2) is 9.58. The average molecular weight is 495 g/mol. The number of nitrogens with one attached hydrogen (secondary N) is 1. The monoisotopic (exact) mass is 494 g/mol. The lowest BCUT2D eigenvalue weighted by Crippen LogP contribution is -2.30. The van der Waals surface area contributed by atoms with E-state index in [1.165, 1.54) is 4.90 Å². The number of hydrogen-bond acceptors (Lipinski definition) is 5. The fourth-order valence-corrected chi connectivity index (χ4v) is 5.01. The number of fused-ring (bicyclic) bond motifs is 1. The van der Waals surface area contributed by atoms with E-state index in [0.717, 1.165) is 35.4 Å². The van der Waals surface area contributed by atoms with Crippen LogP contribution in [0, 0.1) is 13.8 Å². The molecule has 0 saturated carbocycles. The number of aryl methyl sites for hydroxylation is 2. The molecule has 1 atom stereocenters. The number of ketones is 1. The summed E-state index contributed by atoms with van der Waals surface area (Å²) in [6, 6.07) is 20.1. The van der Waals surface area contributed by atoms with E-state index in [1.54, 1.807) is 0 Å². The van der Waals surface area contributed by atoms with E-state index < -0.39 is 17.7 Å². The fraction of sp³-hybridized carbons (Fsp3) is 0.233. The van der Waals surface area contributed by atoms with Gasteiger partial charge in [-0.15, -0.1) is 0 Å². The first kappa shape index (κ1) is 24.3. The molecule has 2 heterocycles. The maximum atomic E-state index is 13.5. The molecule has 188 valence electrons. The van der Waals surface area contributed by atoms with Crippen molar-refractivity contribution in [1.82, 2.24) is 9.97 Å². The summed E-state index contributed by atoms with van der Waals surface area (Å²) in [5.41, 5.74) is 5.54. The topological polar surface area (TPSA) is 89.5 Å². The van der Waals surface area contributed by atoms with Gasteiger partial charge in [0.15, 0.2) is 0 Å². The maximum Gasteiger partial charge on any atom is 0.302 e. The molecule has 1 saturated heterocycles. The summed E-state index contributed by atoms with van der Waals surface area (Å²) in [4.78, 5) is 38.4. The van der Waals surface area contributed by atoms with Gasteiger partial charge >= 0.3 is 5.91 Å². The predicted octanol–water partition coefficient (Wildman–Crippen LogP) is 5.65. The van der Waals surface area contributed by atoms with Crippen molar-refractivity contribution in [2.24, 2.45) is 0 Å². The van der Waals surface area contributed by atoms with Crippen molar-refractivity contribution >= 4 is 40.1 Å². The van der Waals surface area contributed by atoms with E-state index >= 15 is 0 Å². The van der Waals surface area contributed by atoms with Crippen molar-refractivity contribution in [1.29, 1.82) is 0 Å². The summed E-state index contributed by atoms with van der Waals surface area (Å²) in [6.07, 6.45) is 0. The Kier molecular flexibility index (Phi) is 6.29. The molecule has 3 aromatic carbocycles. The second-order valence-electron chi connectivity index (χ2n) is 9.33. The van der Waals surface area contributed by atoms with E-state index in [-0.39, 0.29) is 17.3 Å². The van der Waals surface area contributed by atoms with Gasteiger partial charge in [-0.05, 0) is 69.2 Å². The van der Waals surface area contributed by atoms with E-state index in [9.17, 15) is 14.7 Å². The number of H-pyrrole nitrogens is 1. The van der Waals surface area contributed by atoms with Crippen LogP contribution < -0.4 is 9.80 Å². The number of imidazole rings is 1. The lowest BCUT2D eigenvalue weighted by atomic mass is 9.93. The summed E-state index contributed by atoms with van der Waals surface area (Å²) in [5, 5.41) is 11.5. The van der Waals surface area contributed by atoms with Crippen molar-refractivity contribution in [2.45, 2.75) is 33.7 Å². The number of aliphatic hydroxyl groups excluding tert-OH is 1. The third kappa shape index (κ3) is 4.16. The van der Waals surface area contributed by atoms with Crippen molar-refractivity contribution in [3.05, 3.63) is 94.6 Å². The molecule has 0 bridgehead atoms. The van der Waals surface area contributed by atoms with Crippen LogP contribution in [0.25, 0.3) is 16.8 Å². The van der Waals surface area contributed by atoms with E-state index in [0.29, 0.717) is 16.6 Å². The van der Waals surface area contributed by atoms with Gasteiger partial charge in [0.05, 0.1) is 22.6 Å². The van der Waals surface area contributed by atoms with Gasteiger partial charge in [0.25, 0.3) is 5.78 Å². The van der Waals surface area contributed by atoms with Gasteiger partial charge in [-0.1, -0.05) is 42.0 Å². The van der Waals surface area contributed by atoms with Crippen molar-refractivity contribution in [3.8, 4) is 0 Å². The number of rotatable bonds is 6. The van der Waals surface area contributed by atoms with E-state index in [2.05, 4.69) is 28.7 Å². The van der Waals surface area contributed by atoms with Crippen LogP contribution in [0.15, 0.2) is 72.3 Å². The first-order chi connectivity index (χ1) is 17.8. The van der Waals surface area contributed by atoms with Gasteiger partial charge in [-0.2, -0.15) is 0 Å². The number of benzene rings is 3. The third-order valence-corrected chi connectivity index (χ3v) is 7.04. The first-order valence-electron chi connectivity index (χ1n) is 12.5. The number of carbonyl (C=O) groups excluding carboxylic acids is 2. The Morgan fingerprint density at radius 1 is 1.00 bits per heavy atom. The lowest BCUT2D eigenvalue weighted by molar-refractivity contribution is -0.132. The Morgan fingerprint density at radius 3 is 2.38 bits per heavy atom. The van der Waals surface area contributed by atoms with Crippen molar-refractivity contribution < 1.29 is 14.7 Å². The van der Waals surface area contributed by atoms with E-state index in [4.69, 9.17) is 0 Å². The van der Waals surface area contributed by atoms with Crippen LogP contribution in [-0.4, -0.2) is 39.9 Å². The largest absolute Gasteiger partial charge is 0.507 e. The number of aliphatic hydroxyl groups is 1. The minimum absolute atomic E-state index is 0.0507. The molecule has 0 aliphatic carbocycles. The summed E-state index contributed by atoms with van der Waals surface area (Å²) < 4.78 is 0. The third-order valence-electron chi connectivity index (χ3n) is 7.04. The van der Waals surface area contributed by atoms with Crippen LogP contribution >= 0.6 is 0 Å². The van der Waals surface area contributed by atoms with Crippen molar-refractivity contribution in [2.75, 3.05) is 22.9 Å². The molecule has 7 nitrogen and oxygen atoms in total. The molecule has 37 heavy (non-hydrogen) atoms. The molecule has 7 heteroatoms. The smallest absolute Gasteiger partial charge is 0.302 e. The summed E-state index contributed by atoms with van der Waals surface area (Å²) in [5.74, 6) is -1.39. The molecule has 5 rings (SSSR count). The molecule has 1 unspecified atom stereocenters. The Balaban J connectivity index is 1.72. The van der Waals surface area contributed by atoms with Crippen LogP contribution in [0.4, 0.5) is 11.6 Å². The Hall–Kier alpha value is -4.39. The zero-order chi connectivity index (χ0) is 26.3. The molecule has 0 radical (unpaired) electrons. The number of nitrogens with zero attached hydrogens (tertiary/aromatic N) is 3. The quantitative estimate of drug-likeness (QED) is 0.205. The standard InChI is InChI=1S/C30H30N4O3/c1-5-33(6-2)21-15-13-20(14-16-21)26-25(27(35)22-17-18(3)11-12-19(22)4)28(36)29(37)34(26)30-31-23-9-7-8-10-24(23)32-30/h7-17,26,35H,5-6H2,1-4H3,(H,31,32)/b27-25+. The van der Waals surface area contributed by atoms with Crippen molar-refractivity contribution in [3.63, 3.8) is 0 Å². The van der Waals surface area contributed by atoms with Crippen LogP contribution in [0.5, 0.6) is 0 Å². The van der Waals surface area contributed by atoms with Gasteiger partial charge < -0.3 is 15.0 Å². The Morgan fingerprint density at radius 2 is 1.70 bits per heavy atom. The van der Waals surface area contributed by atoms with Crippen LogP contribution in [0.1, 0.15) is 42.1 Å². The lowest BCUT2D eigenvalue weighted by Gasteiger charge is -2.25. The number of para-hydroxylation sites is 2. The van der Waals surface area contributed by atoms with Gasteiger partial charge in [-0.3, -0.25) is 14.5 Å². The van der Waals surface area contributed by atoms with Gasteiger partial charge in [0, 0.05) is 24.3 Å². The number of Topliss-reactive ketones (excluding diaryl/α,β-unsaturated/α-hetero) is 1. The molecule has 0 spiro atoms. The Bertz CT molecular complexity index is 1500. The molecule has 1 aromatic heterocycles. The highest BCUT2D eigenvalue weighted by Gasteiger charge is 2.48. The zero-order valence-corrected chi connectivity index (χ0v) is 21.4. The molecule has 4 aromatic rings. The van der Waals surface area contributed by atoms with Gasteiger partial charge in [0.2, 0.25) is 5.95 Å². The van der Waals surface area contributed by atoms with Crippen LogP contribution in [0.2, 0.25) is 0 Å². The SMILES string of the molecule is CCN(CC)c1ccc(C2/C(=C(\O)c3cc(C)ccc3C)C(=O)C(=O)N2c2nc3ccccc3[nH]2)cc1. The minimum Gasteiger partial charge on any atom is -0.507 e. The molecule has 1 aliphatic rings. The molecule has 2 N–H and O–H groups in total. The molecule has 1 fully saturated rings. The number of carbonyl (C=O) groups is 2. The zero-order valence-electron chi connectivity index (χ0n) is 21.4. The van der Waals surface area contributed by atoms with E-state index in [1.807, 2.05) is 80.6 Å². The highest BCUT2D eigenvalue weighted by molar-refractivity contribution is 6.51. The normalized spacial score (nSPS) is 17.1. The molecule has 1 amide bonds. The Labute approximate surface area is 216 Å². The first-order valence-corrected chi connectivity index (χ1v) is 12.5.